The summed E-state index contributed by atoms with van der Waals surface area (Å²) in [7, 11) is 1.77. The van der Waals surface area contributed by atoms with E-state index in [9.17, 15) is 4.79 Å². The Hall–Kier alpha value is -2.23. The SMILES string of the molecule is Cc1ccc(OCC(=O)N(C)CCc2ccco2)cc1. The topological polar surface area (TPSA) is 42.7 Å². The first-order chi connectivity index (χ1) is 9.65. The van der Waals surface area contributed by atoms with Crippen LogP contribution in [0.15, 0.2) is 47.1 Å². The molecule has 0 spiro atoms. The number of rotatable bonds is 6. The third kappa shape index (κ3) is 4.16. The largest absolute Gasteiger partial charge is 0.484 e. The molecule has 1 heterocycles. The van der Waals surface area contributed by atoms with Crippen LogP contribution in [0.2, 0.25) is 0 Å². The van der Waals surface area contributed by atoms with E-state index < -0.39 is 0 Å². The molecule has 1 amide bonds. The number of furan rings is 1. The number of ether oxygens (including phenoxy) is 1. The Balaban J connectivity index is 1.74. The van der Waals surface area contributed by atoms with Gasteiger partial charge in [-0.1, -0.05) is 17.7 Å². The minimum absolute atomic E-state index is 0.0443. The molecule has 1 aromatic heterocycles. The van der Waals surface area contributed by atoms with Gasteiger partial charge in [-0.3, -0.25) is 4.79 Å². The first-order valence-corrected chi connectivity index (χ1v) is 6.61. The Morgan fingerprint density at radius 2 is 2.00 bits per heavy atom. The van der Waals surface area contributed by atoms with Gasteiger partial charge >= 0.3 is 0 Å². The fraction of sp³-hybridized carbons (Fsp3) is 0.312. The lowest BCUT2D eigenvalue weighted by atomic mass is 10.2. The van der Waals surface area contributed by atoms with E-state index in [1.54, 1.807) is 18.2 Å². The predicted molar refractivity (Wildman–Crippen MR) is 76.7 cm³/mol. The van der Waals surface area contributed by atoms with Gasteiger partial charge in [0, 0.05) is 20.0 Å². The molecule has 0 radical (unpaired) electrons. The van der Waals surface area contributed by atoms with Gasteiger partial charge in [0.1, 0.15) is 11.5 Å². The second-order valence-corrected chi connectivity index (χ2v) is 4.75. The van der Waals surface area contributed by atoms with Gasteiger partial charge in [-0.05, 0) is 31.2 Å². The molecule has 0 fully saturated rings. The molecule has 2 rings (SSSR count). The van der Waals surface area contributed by atoms with E-state index in [1.807, 2.05) is 43.3 Å². The highest BCUT2D eigenvalue weighted by Crippen LogP contribution is 2.11. The summed E-state index contributed by atoms with van der Waals surface area (Å²) in [4.78, 5) is 13.6. The molecular weight excluding hydrogens is 254 g/mol. The maximum Gasteiger partial charge on any atom is 0.260 e. The molecule has 20 heavy (non-hydrogen) atoms. The zero-order chi connectivity index (χ0) is 14.4. The number of aryl methyl sites for hydroxylation is 1. The van der Waals surface area contributed by atoms with Gasteiger partial charge in [0.25, 0.3) is 5.91 Å². The van der Waals surface area contributed by atoms with Crippen molar-refractivity contribution in [2.45, 2.75) is 13.3 Å². The van der Waals surface area contributed by atoms with Crippen LogP contribution < -0.4 is 4.74 Å². The van der Waals surface area contributed by atoms with Gasteiger partial charge in [-0.25, -0.2) is 0 Å². The van der Waals surface area contributed by atoms with E-state index in [1.165, 1.54) is 5.56 Å². The maximum absolute atomic E-state index is 11.9. The second-order valence-electron chi connectivity index (χ2n) is 4.75. The molecule has 0 aliphatic rings. The van der Waals surface area contributed by atoms with Gasteiger partial charge in [-0.15, -0.1) is 0 Å². The Morgan fingerprint density at radius 1 is 1.25 bits per heavy atom. The maximum atomic E-state index is 11.9. The number of nitrogens with zero attached hydrogens (tertiary/aromatic N) is 1. The average molecular weight is 273 g/mol. The third-order valence-corrected chi connectivity index (χ3v) is 3.08. The summed E-state index contributed by atoms with van der Waals surface area (Å²) < 4.78 is 10.7. The Labute approximate surface area is 119 Å². The summed E-state index contributed by atoms with van der Waals surface area (Å²) in [5.74, 6) is 1.55. The third-order valence-electron chi connectivity index (χ3n) is 3.08. The molecule has 0 aliphatic heterocycles. The summed E-state index contributed by atoms with van der Waals surface area (Å²) in [6, 6.07) is 11.4. The van der Waals surface area contributed by atoms with Crippen LogP contribution in [0.5, 0.6) is 5.75 Å². The Morgan fingerprint density at radius 3 is 2.65 bits per heavy atom. The molecule has 4 nitrogen and oxygen atoms in total. The van der Waals surface area contributed by atoms with Crippen molar-refractivity contribution in [1.29, 1.82) is 0 Å². The Kier molecular flexibility index (Phi) is 4.82. The van der Waals surface area contributed by atoms with Crippen molar-refractivity contribution < 1.29 is 13.9 Å². The van der Waals surface area contributed by atoms with Crippen molar-refractivity contribution in [3.05, 3.63) is 54.0 Å². The zero-order valence-corrected chi connectivity index (χ0v) is 11.8. The molecule has 0 atom stereocenters. The molecule has 0 saturated carbocycles. The monoisotopic (exact) mass is 273 g/mol. The van der Waals surface area contributed by atoms with Crippen LogP contribution in [0.3, 0.4) is 0 Å². The first kappa shape index (κ1) is 14.2. The lowest BCUT2D eigenvalue weighted by Gasteiger charge is -2.16. The number of likely N-dealkylation sites (N-methyl/N-ethyl adjacent to an activating group) is 1. The molecule has 2 aromatic rings. The molecule has 0 unspecified atom stereocenters. The van der Waals surface area contributed by atoms with E-state index in [4.69, 9.17) is 9.15 Å². The average Bonchev–Trinajstić information content (AvgIpc) is 2.97. The normalized spacial score (nSPS) is 10.3. The van der Waals surface area contributed by atoms with Gasteiger partial charge in [0.05, 0.1) is 6.26 Å². The van der Waals surface area contributed by atoms with Crippen molar-refractivity contribution in [3.8, 4) is 5.75 Å². The van der Waals surface area contributed by atoms with E-state index >= 15 is 0 Å². The van der Waals surface area contributed by atoms with E-state index in [-0.39, 0.29) is 12.5 Å². The highest BCUT2D eigenvalue weighted by atomic mass is 16.5. The number of hydrogen-bond donors (Lipinski definition) is 0. The number of amides is 1. The number of carbonyl (C=O) groups excluding carboxylic acids is 1. The molecule has 0 saturated heterocycles. The fourth-order valence-electron chi connectivity index (χ4n) is 1.75. The van der Waals surface area contributed by atoms with Gasteiger partial charge in [0.15, 0.2) is 6.61 Å². The van der Waals surface area contributed by atoms with Gasteiger partial charge in [-0.2, -0.15) is 0 Å². The van der Waals surface area contributed by atoms with Crippen molar-refractivity contribution in [2.75, 3.05) is 20.2 Å². The van der Waals surface area contributed by atoms with Crippen molar-refractivity contribution in [1.82, 2.24) is 4.90 Å². The van der Waals surface area contributed by atoms with Crippen LogP contribution >= 0.6 is 0 Å². The molecule has 0 aliphatic carbocycles. The number of hydrogen-bond acceptors (Lipinski definition) is 3. The standard InChI is InChI=1S/C16H19NO3/c1-13-5-7-15(8-6-13)20-12-16(18)17(2)10-9-14-4-3-11-19-14/h3-8,11H,9-10,12H2,1-2H3. The molecule has 1 aromatic carbocycles. The Bertz CT molecular complexity index is 531. The lowest BCUT2D eigenvalue weighted by Crippen LogP contribution is -2.33. The predicted octanol–water partition coefficient (Wildman–Crippen LogP) is 2.67. The summed E-state index contributed by atoms with van der Waals surface area (Å²) in [6.45, 7) is 2.68. The minimum atomic E-state index is -0.0443. The fourth-order valence-corrected chi connectivity index (χ4v) is 1.75. The summed E-state index contributed by atoms with van der Waals surface area (Å²) in [5, 5.41) is 0. The summed E-state index contributed by atoms with van der Waals surface area (Å²) >= 11 is 0. The van der Waals surface area contributed by atoms with Gasteiger partial charge < -0.3 is 14.1 Å². The highest BCUT2D eigenvalue weighted by Gasteiger charge is 2.10. The molecular formula is C16H19NO3. The molecule has 106 valence electrons. The van der Waals surface area contributed by atoms with Crippen molar-refractivity contribution in [2.24, 2.45) is 0 Å². The minimum Gasteiger partial charge on any atom is -0.484 e. The van der Waals surface area contributed by atoms with Crippen LogP contribution in [0.1, 0.15) is 11.3 Å². The van der Waals surface area contributed by atoms with Crippen molar-refractivity contribution >= 4 is 5.91 Å². The smallest absolute Gasteiger partial charge is 0.260 e. The number of benzene rings is 1. The highest BCUT2D eigenvalue weighted by molar-refractivity contribution is 5.77. The van der Waals surface area contributed by atoms with Crippen LogP contribution in [0.25, 0.3) is 0 Å². The lowest BCUT2D eigenvalue weighted by molar-refractivity contribution is -0.132. The molecule has 0 bridgehead atoms. The van der Waals surface area contributed by atoms with Crippen LogP contribution in [0.4, 0.5) is 0 Å². The van der Waals surface area contributed by atoms with E-state index in [2.05, 4.69) is 0 Å². The van der Waals surface area contributed by atoms with Crippen LogP contribution in [-0.2, 0) is 11.2 Å². The summed E-state index contributed by atoms with van der Waals surface area (Å²) in [6.07, 6.45) is 2.34. The van der Waals surface area contributed by atoms with E-state index in [0.717, 1.165) is 5.76 Å². The van der Waals surface area contributed by atoms with Gasteiger partial charge in [0.2, 0.25) is 0 Å². The van der Waals surface area contributed by atoms with E-state index in [0.29, 0.717) is 18.7 Å². The quantitative estimate of drug-likeness (QED) is 0.812. The van der Waals surface area contributed by atoms with Crippen molar-refractivity contribution in [3.63, 3.8) is 0 Å². The molecule has 0 N–H and O–H groups in total. The zero-order valence-electron chi connectivity index (χ0n) is 11.8. The first-order valence-electron chi connectivity index (χ1n) is 6.61. The number of carbonyl (C=O) groups is 1. The second kappa shape index (κ2) is 6.80. The summed E-state index contributed by atoms with van der Waals surface area (Å²) in [5.41, 5.74) is 1.17. The van der Waals surface area contributed by atoms with Crippen LogP contribution in [0, 0.1) is 6.92 Å². The molecule has 4 heteroatoms. The van der Waals surface area contributed by atoms with Crippen LogP contribution in [-0.4, -0.2) is 31.0 Å².